The van der Waals surface area contributed by atoms with Crippen LogP contribution in [0.3, 0.4) is 0 Å². The minimum atomic E-state index is -1.06. The number of hydrogen-bond donors (Lipinski definition) is 3. The summed E-state index contributed by atoms with van der Waals surface area (Å²) < 4.78 is 22.6. The monoisotopic (exact) mass is 636 g/mol. The average Bonchev–Trinajstić information content (AvgIpc) is 3.71. The molecule has 13 nitrogen and oxygen atoms in total. The smallest absolute Gasteiger partial charge is 0.407 e. The lowest BCUT2D eigenvalue weighted by atomic mass is 9.85. The third-order valence-electron chi connectivity index (χ3n) is 8.50. The summed E-state index contributed by atoms with van der Waals surface area (Å²) in [7, 11) is 0. The number of benzene rings is 2. The van der Waals surface area contributed by atoms with Gasteiger partial charge in [-0.3, -0.25) is 9.59 Å². The van der Waals surface area contributed by atoms with Gasteiger partial charge < -0.3 is 39.3 Å². The molecule has 2 amide bonds. The number of carboxylic acid groups (broad SMARTS) is 1. The molecule has 2 aliphatic heterocycles. The number of fused-ring (bicyclic) bond motifs is 3. The van der Waals surface area contributed by atoms with Crippen molar-refractivity contribution >= 4 is 29.0 Å². The first kappa shape index (κ1) is 32.6. The second kappa shape index (κ2) is 12.9. The normalized spacial score (nSPS) is 17.8. The van der Waals surface area contributed by atoms with Crippen LogP contribution in [0.25, 0.3) is 22.3 Å². The number of amides is 2. The van der Waals surface area contributed by atoms with Gasteiger partial charge in [0.2, 0.25) is 12.7 Å². The first-order valence-corrected chi connectivity index (χ1v) is 15.3. The number of aromatic nitrogens is 2. The first-order valence-electron chi connectivity index (χ1n) is 15.3. The standard InChI is InChI=1S/C33H40N4O9/c1-6-33(5,17-44-31(42)36-27(32(2,3)4)29(39)37-14-8-11-22(37)30(40)41)16-43-20-10-7-9-19(15-20)24-28(38)35-25-21(34-24)12-13-23-26(25)46-18-45-23/h7,9-10,12-13,15,22,27H,6,8,11,14,16-18H2,1-5H3,(H,35,38)(H,36,42)(H,40,41)/t22-,27+,33?/m0/s1. The number of rotatable bonds is 10. The summed E-state index contributed by atoms with van der Waals surface area (Å²) in [5, 5.41) is 12.2. The number of hydrogen-bond acceptors (Lipinski definition) is 9. The van der Waals surface area contributed by atoms with Gasteiger partial charge >= 0.3 is 12.1 Å². The molecular formula is C33H40N4O9. The van der Waals surface area contributed by atoms with E-state index < -0.39 is 40.9 Å². The van der Waals surface area contributed by atoms with Crippen LogP contribution in [0.1, 0.15) is 53.9 Å². The Morgan fingerprint density at radius 3 is 2.65 bits per heavy atom. The Bertz CT molecular complexity index is 1700. The maximum absolute atomic E-state index is 13.4. The van der Waals surface area contributed by atoms with Crippen LogP contribution in [-0.2, 0) is 14.3 Å². The van der Waals surface area contributed by atoms with E-state index >= 15 is 0 Å². The fourth-order valence-electron chi connectivity index (χ4n) is 5.45. The maximum Gasteiger partial charge on any atom is 0.407 e. The molecule has 46 heavy (non-hydrogen) atoms. The molecule has 1 aromatic heterocycles. The van der Waals surface area contributed by atoms with E-state index in [2.05, 4.69) is 15.3 Å². The largest absolute Gasteiger partial charge is 0.493 e. The molecule has 0 spiro atoms. The molecule has 0 radical (unpaired) electrons. The van der Waals surface area contributed by atoms with Crippen molar-refractivity contribution in [3.8, 4) is 28.5 Å². The molecule has 5 rings (SSSR count). The van der Waals surface area contributed by atoms with Crippen molar-refractivity contribution in [1.82, 2.24) is 20.2 Å². The molecule has 246 valence electrons. The summed E-state index contributed by atoms with van der Waals surface area (Å²) in [5.41, 5.74) is 0.151. The summed E-state index contributed by atoms with van der Waals surface area (Å²) in [6.45, 7) is 9.87. The van der Waals surface area contributed by atoms with Gasteiger partial charge in [-0.15, -0.1) is 0 Å². The second-order valence-electron chi connectivity index (χ2n) is 13.1. The molecule has 2 aromatic carbocycles. The Labute approximate surface area is 266 Å². The molecule has 1 saturated heterocycles. The van der Waals surface area contributed by atoms with Crippen LogP contribution in [0.4, 0.5) is 4.79 Å². The van der Waals surface area contributed by atoms with Crippen molar-refractivity contribution < 1.29 is 38.4 Å². The number of ether oxygens (including phenoxy) is 4. The molecule has 0 aliphatic carbocycles. The van der Waals surface area contributed by atoms with Gasteiger partial charge in [-0.1, -0.05) is 46.8 Å². The van der Waals surface area contributed by atoms with Gasteiger partial charge in [0.05, 0.1) is 12.1 Å². The van der Waals surface area contributed by atoms with Crippen molar-refractivity contribution in [2.75, 3.05) is 26.6 Å². The first-order chi connectivity index (χ1) is 21.8. The van der Waals surface area contributed by atoms with Gasteiger partial charge in [-0.25, -0.2) is 14.6 Å². The molecule has 3 N–H and O–H groups in total. The fraction of sp³-hybridized carbons (Fsp3) is 0.485. The molecular weight excluding hydrogens is 596 g/mol. The van der Waals surface area contributed by atoms with Crippen molar-refractivity contribution in [3.05, 3.63) is 46.8 Å². The van der Waals surface area contributed by atoms with Crippen LogP contribution in [-0.4, -0.2) is 76.6 Å². The van der Waals surface area contributed by atoms with Crippen LogP contribution in [0.5, 0.6) is 17.2 Å². The zero-order valence-corrected chi connectivity index (χ0v) is 26.7. The lowest BCUT2D eigenvalue weighted by molar-refractivity contribution is -0.150. The molecule has 1 unspecified atom stereocenters. The van der Waals surface area contributed by atoms with E-state index in [0.29, 0.717) is 59.7 Å². The van der Waals surface area contributed by atoms with Crippen LogP contribution in [0, 0.1) is 10.8 Å². The molecule has 0 saturated carbocycles. The third-order valence-corrected chi connectivity index (χ3v) is 8.50. The van der Waals surface area contributed by atoms with E-state index in [9.17, 15) is 24.3 Å². The lowest BCUT2D eigenvalue weighted by Gasteiger charge is -2.35. The van der Waals surface area contributed by atoms with E-state index in [1.54, 1.807) is 57.2 Å². The minimum Gasteiger partial charge on any atom is -0.493 e. The lowest BCUT2D eigenvalue weighted by Crippen LogP contribution is -2.57. The van der Waals surface area contributed by atoms with Crippen LogP contribution in [0.2, 0.25) is 0 Å². The van der Waals surface area contributed by atoms with E-state index in [0.717, 1.165) is 0 Å². The van der Waals surface area contributed by atoms with Gasteiger partial charge in [0.15, 0.2) is 11.5 Å². The van der Waals surface area contributed by atoms with Crippen molar-refractivity contribution in [2.45, 2.75) is 66.0 Å². The highest BCUT2D eigenvalue weighted by Crippen LogP contribution is 2.37. The Morgan fingerprint density at radius 1 is 1.15 bits per heavy atom. The van der Waals surface area contributed by atoms with Crippen LogP contribution < -0.4 is 25.1 Å². The van der Waals surface area contributed by atoms with E-state index in [4.69, 9.17) is 18.9 Å². The quantitative estimate of drug-likeness (QED) is 0.291. The van der Waals surface area contributed by atoms with Crippen LogP contribution in [0.15, 0.2) is 41.2 Å². The Morgan fingerprint density at radius 2 is 1.93 bits per heavy atom. The summed E-state index contributed by atoms with van der Waals surface area (Å²) in [5.74, 6) is 0.0121. The average molecular weight is 637 g/mol. The number of carboxylic acids is 1. The summed E-state index contributed by atoms with van der Waals surface area (Å²) in [6.07, 6.45) is 0.800. The van der Waals surface area contributed by atoms with Gasteiger partial charge in [0.1, 0.15) is 35.7 Å². The molecule has 3 heterocycles. The predicted molar refractivity (Wildman–Crippen MR) is 168 cm³/mol. The van der Waals surface area contributed by atoms with E-state index in [1.165, 1.54) is 4.90 Å². The number of alkyl carbamates (subject to hydrolysis) is 1. The number of aliphatic carboxylic acids is 1. The summed E-state index contributed by atoms with van der Waals surface area (Å²) >= 11 is 0. The summed E-state index contributed by atoms with van der Waals surface area (Å²) in [6, 6.07) is 8.65. The van der Waals surface area contributed by atoms with Gasteiger partial charge in [0.25, 0.3) is 5.56 Å². The van der Waals surface area contributed by atoms with Crippen LogP contribution >= 0.6 is 0 Å². The highest BCUT2D eigenvalue weighted by Gasteiger charge is 2.42. The SMILES string of the molecule is CCC(C)(COC(=O)N[C@H](C(=O)N1CCC[C@H]1C(=O)O)C(C)(C)C)COc1cccc(-c2nc3ccc4c(c3[nH]c2=O)OCO4)c1. The Balaban J connectivity index is 1.23. The predicted octanol–water partition coefficient (Wildman–Crippen LogP) is 4.33. The maximum atomic E-state index is 13.4. The zero-order valence-electron chi connectivity index (χ0n) is 26.7. The van der Waals surface area contributed by atoms with E-state index in [-0.39, 0.29) is 31.3 Å². The molecule has 0 bridgehead atoms. The van der Waals surface area contributed by atoms with Crippen molar-refractivity contribution in [2.24, 2.45) is 10.8 Å². The van der Waals surface area contributed by atoms with Crippen molar-refractivity contribution in [3.63, 3.8) is 0 Å². The fourth-order valence-corrected chi connectivity index (χ4v) is 5.45. The highest BCUT2D eigenvalue weighted by molar-refractivity contribution is 5.90. The number of H-pyrrole nitrogens is 1. The van der Waals surface area contributed by atoms with Gasteiger partial charge in [-0.2, -0.15) is 0 Å². The number of nitrogens with zero attached hydrogens (tertiary/aromatic N) is 2. The molecule has 2 aliphatic rings. The number of carbonyl (C=O) groups excluding carboxylic acids is 2. The number of aromatic amines is 1. The highest BCUT2D eigenvalue weighted by atomic mass is 16.7. The number of nitrogens with one attached hydrogen (secondary N) is 2. The van der Waals surface area contributed by atoms with Crippen molar-refractivity contribution in [1.29, 1.82) is 0 Å². The van der Waals surface area contributed by atoms with E-state index in [1.807, 2.05) is 13.8 Å². The number of carbonyl (C=O) groups is 3. The van der Waals surface area contributed by atoms with Gasteiger partial charge in [0, 0.05) is 17.5 Å². The third kappa shape index (κ3) is 6.87. The molecule has 3 aromatic rings. The minimum absolute atomic E-state index is 0.00352. The topological polar surface area (TPSA) is 169 Å². The second-order valence-corrected chi connectivity index (χ2v) is 13.1. The van der Waals surface area contributed by atoms with Gasteiger partial charge in [-0.05, 0) is 48.9 Å². The number of likely N-dealkylation sites (tertiary alicyclic amines) is 1. The molecule has 3 atom stereocenters. The Kier molecular flexibility index (Phi) is 9.13. The zero-order chi connectivity index (χ0) is 33.2. The Hall–Kier alpha value is -4.81. The molecule has 1 fully saturated rings. The molecule has 13 heteroatoms. The summed E-state index contributed by atoms with van der Waals surface area (Å²) in [4.78, 5) is 59.7.